The molecule has 1 aliphatic heterocycles. The summed E-state index contributed by atoms with van der Waals surface area (Å²) in [6.07, 6.45) is 7.60. The normalized spacial score (nSPS) is 24.1. The van der Waals surface area contributed by atoms with Gasteiger partial charge in [0.05, 0.1) is 25.1 Å². The van der Waals surface area contributed by atoms with Crippen LogP contribution in [0.3, 0.4) is 0 Å². The first-order valence-corrected chi connectivity index (χ1v) is 12.3. The largest absolute Gasteiger partial charge is 0.476 e. The lowest BCUT2D eigenvalue weighted by molar-refractivity contribution is -0.0696. The molecule has 178 valence electrons. The maximum absolute atomic E-state index is 12.8. The van der Waals surface area contributed by atoms with Crippen LogP contribution >= 0.6 is 0 Å². The predicted octanol–water partition coefficient (Wildman–Crippen LogP) is 1.54. The maximum atomic E-state index is 12.8. The van der Waals surface area contributed by atoms with Crippen molar-refractivity contribution in [3.63, 3.8) is 0 Å². The molecule has 2 aliphatic rings. The lowest BCUT2D eigenvalue weighted by Gasteiger charge is -2.43. The molecule has 4 rings (SSSR count). The third-order valence-electron chi connectivity index (χ3n) is 6.31. The Hall–Kier alpha value is -2.75. The molecule has 0 radical (unpaired) electrons. The van der Waals surface area contributed by atoms with E-state index in [1.54, 1.807) is 14.2 Å². The molecule has 0 amide bonds. The van der Waals surface area contributed by atoms with Gasteiger partial charge < -0.3 is 14.8 Å². The fourth-order valence-corrected chi connectivity index (χ4v) is 5.75. The standard InChI is InChI=1S/C21H29N7O4S/c1-21(8-17(9-21)31-3)14-32-19-15(10-22)11-23-20(26-19)25-16-4-6-28(7-5-16)33(29,30)18-12-24-27(2)13-18/h11-13,16-17H,4-9,14H2,1-3H3,(H,23,25,26)/t17-,21-. The third kappa shape index (κ3) is 5.10. The Kier molecular flexibility index (Phi) is 6.56. The molecule has 0 atom stereocenters. The van der Waals surface area contributed by atoms with Gasteiger partial charge in [0.25, 0.3) is 0 Å². The average molecular weight is 476 g/mol. The monoisotopic (exact) mass is 475 g/mol. The van der Waals surface area contributed by atoms with Crippen molar-refractivity contribution in [1.29, 1.82) is 5.26 Å². The Balaban J connectivity index is 1.35. The third-order valence-corrected chi connectivity index (χ3v) is 8.16. The molecule has 11 nitrogen and oxygen atoms in total. The van der Waals surface area contributed by atoms with Gasteiger partial charge in [-0.1, -0.05) is 6.92 Å². The van der Waals surface area contributed by atoms with Crippen LogP contribution in [0.5, 0.6) is 5.88 Å². The van der Waals surface area contributed by atoms with Crippen LogP contribution in [0.1, 0.15) is 38.2 Å². The molecule has 1 aliphatic carbocycles. The molecule has 2 aromatic rings. The van der Waals surface area contributed by atoms with Gasteiger partial charge >= 0.3 is 0 Å². The Morgan fingerprint density at radius 2 is 2.03 bits per heavy atom. The summed E-state index contributed by atoms with van der Waals surface area (Å²) >= 11 is 0. The summed E-state index contributed by atoms with van der Waals surface area (Å²) in [4.78, 5) is 8.85. The lowest BCUT2D eigenvalue weighted by atomic mass is 9.69. The summed E-state index contributed by atoms with van der Waals surface area (Å²) < 4.78 is 39.8. The summed E-state index contributed by atoms with van der Waals surface area (Å²) in [5.41, 5.74) is 0.280. The Morgan fingerprint density at radius 1 is 1.30 bits per heavy atom. The number of aryl methyl sites for hydroxylation is 1. The Bertz CT molecular complexity index is 1130. The molecule has 2 aromatic heterocycles. The average Bonchev–Trinajstić information content (AvgIpc) is 3.23. The summed E-state index contributed by atoms with van der Waals surface area (Å²) in [6, 6.07) is 2.09. The van der Waals surface area contributed by atoms with Crippen molar-refractivity contribution < 1.29 is 17.9 Å². The first-order chi connectivity index (χ1) is 15.7. The summed E-state index contributed by atoms with van der Waals surface area (Å²) in [7, 11) is -0.155. The van der Waals surface area contributed by atoms with E-state index < -0.39 is 10.0 Å². The number of hydrogen-bond acceptors (Lipinski definition) is 9. The first-order valence-electron chi connectivity index (χ1n) is 10.9. The van der Waals surface area contributed by atoms with Crippen LogP contribution in [0.25, 0.3) is 0 Å². The van der Waals surface area contributed by atoms with Gasteiger partial charge in [-0.15, -0.1) is 0 Å². The minimum Gasteiger partial charge on any atom is -0.476 e. The zero-order valence-corrected chi connectivity index (χ0v) is 19.9. The van der Waals surface area contributed by atoms with Crippen LogP contribution in [0.2, 0.25) is 0 Å². The van der Waals surface area contributed by atoms with Crippen molar-refractivity contribution in [1.82, 2.24) is 24.1 Å². The van der Waals surface area contributed by atoms with Gasteiger partial charge in [-0.2, -0.15) is 19.6 Å². The topological polar surface area (TPSA) is 135 Å². The second-order valence-corrected chi connectivity index (χ2v) is 11.0. The first kappa shape index (κ1) is 23.4. The molecule has 2 fully saturated rings. The molecule has 33 heavy (non-hydrogen) atoms. The highest BCUT2D eigenvalue weighted by Crippen LogP contribution is 2.42. The minimum atomic E-state index is -3.55. The molecule has 1 saturated carbocycles. The van der Waals surface area contributed by atoms with E-state index in [4.69, 9.17) is 9.47 Å². The fourth-order valence-electron chi connectivity index (χ4n) is 4.29. The second-order valence-electron chi connectivity index (χ2n) is 9.06. The van der Waals surface area contributed by atoms with Crippen LogP contribution in [0.15, 0.2) is 23.5 Å². The molecule has 0 bridgehead atoms. The number of piperidine rings is 1. The fraction of sp³-hybridized carbons (Fsp3) is 0.619. The quantitative estimate of drug-likeness (QED) is 0.603. The number of aromatic nitrogens is 4. The molecule has 1 N–H and O–H groups in total. The SMILES string of the molecule is CO[C@H]1C[C@](C)(COc2nc(NC3CCN(S(=O)(=O)c4cnn(C)c4)CC3)ncc2C#N)C1. The molecular formula is C21H29N7O4S. The molecule has 12 heteroatoms. The molecule has 0 spiro atoms. The van der Waals surface area contributed by atoms with Gasteiger partial charge in [-0.05, 0) is 25.7 Å². The molecule has 3 heterocycles. The van der Waals surface area contributed by atoms with E-state index in [0.29, 0.717) is 38.5 Å². The molecule has 0 unspecified atom stereocenters. The smallest absolute Gasteiger partial charge is 0.246 e. The van der Waals surface area contributed by atoms with E-state index in [1.807, 2.05) is 0 Å². The van der Waals surface area contributed by atoms with Crippen molar-refractivity contribution in [2.75, 3.05) is 32.1 Å². The predicted molar refractivity (Wildman–Crippen MR) is 119 cm³/mol. The van der Waals surface area contributed by atoms with Crippen molar-refractivity contribution in [2.45, 2.75) is 49.6 Å². The van der Waals surface area contributed by atoms with Crippen LogP contribution < -0.4 is 10.1 Å². The van der Waals surface area contributed by atoms with Crippen LogP contribution in [-0.2, 0) is 21.8 Å². The van der Waals surface area contributed by atoms with E-state index in [1.165, 1.54) is 27.6 Å². The van der Waals surface area contributed by atoms with Crippen molar-refractivity contribution in [2.24, 2.45) is 12.5 Å². The van der Waals surface area contributed by atoms with Gasteiger partial charge in [-0.3, -0.25) is 4.68 Å². The van der Waals surface area contributed by atoms with E-state index in [0.717, 1.165) is 12.8 Å². The number of ether oxygens (including phenoxy) is 2. The number of nitriles is 1. The van der Waals surface area contributed by atoms with Gasteiger partial charge in [0, 0.05) is 44.9 Å². The van der Waals surface area contributed by atoms with Gasteiger partial charge in [0.1, 0.15) is 16.5 Å². The summed E-state index contributed by atoms with van der Waals surface area (Å²) in [6.45, 7) is 3.34. The van der Waals surface area contributed by atoms with Crippen LogP contribution in [-0.4, -0.2) is 71.4 Å². The van der Waals surface area contributed by atoms with E-state index in [9.17, 15) is 13.7 Å². The van der Waals surface area contributed by atoms with Crippen molar-refractivity contribution in [3.05, 3.63) is 24.2 Å². The number of rotatable bonds is 8. The molecular weight excluding hydrogens is 446 g/mol. The van der Waals surface area contributed by atoms with E-state index in [-0.39, 0.29) is 33.9 Å². The van der Waals surface area contributed by atoms with Gasteiger partial charge in [-0.25, -0.2) is 13.4 Å². The highest BCUT2D eigenvalue weighted by atomic mass is 32.2. The highest BCUT2D eigenvalue weighted by Gasteiger charge is 2.41. The number of methoxy groups -OCH3 is 1. The van der Waals surface area contributed by atoms with Crippen LogP contribution in [0.4, 0.5) is 5.95 Å². The van der Waals surface area contributed by atoms with E-state index in [2.05, 4.69) is 33.4 Å². The zero-order valence-electron chi connectivity index (χ0n) is 19.1. The minimum absolute atomic E-state index is 0.00145. The van der Waals surface area contributed by atoms with Gasteiger partial charge in [0.15, 0.2) is 0 Å². The number of anilines is 1. The summed E-state index contributed by atoms with van der Waals surface area (Å²) in [5.74, 6) is 0.625. The highest BCUT2D eigenvalue weighted by molar-refractivity contribution is 7.89. The molecule has 1 saturated heterocycles. The number of nitrogens with one attached hydrogen (secondary N) is 1. The van der Waals surface area contributed by atoms with Crippen LogP contribution in [0, 0.1) is 16.7 Å². The zero-order chi connectivity index (χ0) is 23.6. The number of hydrogen-bond donors (Lipinski definition) is 1. The molecule has 0 aromatic carbocycles. The van der Waals surface area contributed by atoms with Crippen molar-refractivity contribution >= 4 is 16.0 Å². The number of nitrogens with zero attached hydrogens (tertiary/aromatic N) is 6. The second kappa shape index (κ2) is 9.24. The maximum Gasteiger partial charge on any atom is 0.246 e. The summed E-state index contributed by atoms with van der Waals surface area (Å²) in [5, 5.41) is 16.6. The lowest BCUT2D eigenvalue weighted by Crippen LogP contribution is -2.43. The van der Waals surface area contributed by atoms with E-state index >= 15 is 0 Å². The van der Waals surface area contributed by atoms with Crippen molar-refractivity contribution in [3.8, 4) is 11.9 Å². The Morgan fingerprint density at radius 3 is 2.64 bits per heavy atom. The van der Waals surface area contributed by atoms with Gasteiger partial charge in [0.2, 0.25) is 21.9 Å². The number of sulfonamides is 1. The Labute approximate surface area is 193 Å².